The maximum absolute atomic E-state index is 11.1. The highest BCUT2D eigenvalue weighted by Gasteiger charge is 2.02. The largest absolute Gasteiger partial charge is 0.492 e. The standard InChI is InChI=1S/C13H20N4O3S.HI/c1-3-7-15-13(14)16-8-9-20-12-6-4-5-11(10-12)17-21(2,18)19;/h3-6,10,17H,1,7-9H2,2H3,(H3,14,15,16);1H. The number of benzene rings is 1. The lowest BCUT2D eigenvalue weighted by Gasteiger charge is -2.08. The van der Waals surface area contributed by atoms with Gasteiger partial charge in [0.05, 0.1) is 18.5 Å². The molecule has 0 saturated carbocycles. The molecule has 0 atom stereocenters. The van der Waals surface area contributed by atoms with Gasteiger partial charge in [-0.2, -0.15) is 0 Å². The zero-order valence-corrected chi connectivity index (χ0v) is 15.4. The topological polar surface area (TPSA) is 106 Å². The summed E-state index contributed by atoms with van der Waals surface area (Å²) >= 11 is 0. The van der Waals surface area contributed by atoms with E-state index in [0.717, 1.165) is 6.26 Å². The highest BCUT2D eigenvalue weighted by molar-refractivity contribution is 14.0. The van der Waals surface area contributed by atoms with Crippen molar-refractivity contribution in [2.45, 2.75) is 0 Å². The second-order valence-electron chi connectivity index (χ2n) is 4.19. The van der Waals surface area contributed by atoms with Crippen LogP contribution in [0.25, 0.3) is 0 Å². The Hall–Kier alpha value is -1.49. The summed E-state index contributed by atoms with van der Waals surface area (Å²) in [6, 6.07) is 6.68. The van der Waals surface area contributed by atoms with E-state index in [1.54, 1.807) is 30.3 Å². The van der Waals surface area contributed by atoms with Crippen LogP contribution in [0.3, 0.4) is 0 Å². The monoisotopic (exact) mass is 440 g/mol. The molecule has 0 radical (unpaired) electrons. The van der Waals surface area contributed by atoms with Crippen molar-refractivity contribution in [2.24, 2.45) is 10.7 Å². The van der Waals surface area contributed by atoms with Gasteiger partial charge < -0.3 is 15.8 Å². The second kappa shape index (κ2) is 10.3. The molecule has 0 unspecified atom stereocenters. The van der Waals surface area contributed by atoms with Crippen molar-refractivity contribution in [1.29, 1.82) is 0 Å². The lowest BCUT2D eigenvalue weighted by atomic mass is 10.3. The van der Waals surface area contributed by atoms with Gasteiger partial charge in [-0.15, -0.1) is 30.6 Å². The summed E-state index contributed by atoms with van der Waals surface area (Å²) < 4.78 is 30.1. The molecule has 0 fully saturated rings. The van der Waals surface area contributed by atoms with Gasteiger partial charge in [-0.25, -0.2) is 13.4 Å². The van der Waals surface area contributed by atoms with Crippen molar-refractivity contribution >= 4 is 45.6 Å². The first-order valence-corrected chi connectivity index (χ1v) is 8.15. The van der Waals surface area contributed by atoms with Crippen LogP contribution in [0.4, 0.5) is 5.69 Å². The van der Waals surface area contributed by atoms with Crippen LogP contribution in [0.15, 0.2) is 41.9 Å². The Morgan fingerprint density at radius 3 is 2.86 bits per heavy atom. The van der Waals surface area contributed by atoms with Crippen molar-refractivity contribution in [2.75, 3.05) is 30.7 Å². The first kappa shape index (κ1) is 20.5. The third-order valence-corrected chi connectivity index (χ3v) is 2.81. The molecule has 1 aromatic rings. The number of hydrogen-bond acceptors (Lipinski definition) is 4. The lowest BCUT2D eigenvalue weighted by Crippen LogP contribution is -2.32. The van der Waals surface area contributed by atoms with Gasteiger partial charge in [-0.3, -0.25) is 4.72 Å². The number of ether oxygens (including phenoxy) is 1. The molecule has 22 heavy (non-hydrogen) atoms. The second-order valence-corrected chi connectivity index (χ2v) is 5.94. The molecular weight excluding hydrogens is 419 g/mol. The van der Waals surface area contributed by atoms with Gasteiger partial charge in [0.15, 0.2) is 5.96 Å². The summed E-state index contributed by atoms with van der Waals surface area (Å²) in [6.45, 7) is 4.83. The molecular formula is C13H21IN4O3S. The van der Waals surface area contributed by atoms with Crippen LogP contribution in [0.5, 0.6) is 5.75 Å². The van der Waals surface area contributed by atoms with E-state index >= 15 is 0 Å². The van der Waals surface area contributed by atoms with Gasteiger partial charge in [-0.1, -0.05) is 12.1 Å². The summed E-state index contributed by atoms with van der Waals surface area (Å²) in [5.74, 6) is 0.877. The molecule has 124 valence electrons. The highest BCUT2D eigenvalue weighted by Crippen LogP contribution is 2.17. The molecule has 0 aromatic heterocycles. The number of hydrogen-bond donors (Lipinski definition) is 3. The average molecular weight is 440 g/mol. The van der Waals surface area contributed by atoms with E-state index in [1.807, 2.05) is 0 Å². The van der Waals surface area contributed by atoms with E-state index in [2.05, 4.69) is 21.6 Å². The molecule has 0 aliphatic heterocycles. The SMILES string of the molecule is C=CCNC(N)=NCCOc1cccc(NS(C)(=O)=O)c1.I. The number of aliphatic imine (C=N–C) groups is 1. The minimum atomic E-state index is -3.30. The molecule has 0 aliphatic carbocycles. The third kappa shape index (κ3) is 9.45. The molecule has 0 heterocycles. The molecule has 9 heteroatoms. The van der Waals surface area contributed by atoms with Crippen molar-refractivity contribution in [1.82, 2.24) is 5.32 Å². The zero-order chi connectivity index (χ0) is 15.7. The molecule has 0 saturated heterocycles. The molecule has 0 amide bonds. The Balaban J connectivity index is 0.00000441. The van der Waals surface area contributed by atoms with Crippen LogP contribution in [-0.4, -0.2) is 40.3 Å². The predicted octanol–water partition coefficient (Wildman–Crippen LogP) is 1.15. The first-order chi connectivity index (χ1) is 9.90. The van der Waals surface area contributed by atoms with E-state index in [4.69, 9.17) is 10.5 Å². The van der Waals surface area contributed by atoms with Crippen molar-refractivity contribution in [3.05, 3.63) is 36.9 Å². The van der Waals surface area contributed by atoms with Crippen LogP contribution in [0, 0.1) is 0 Å². The van der Waals surface area contributed by atoms with Gasteiger partial charge >= 0.3 is 0 Å². The molecule has 0 bridgehead atoms. The number of nitrogens with two attached hydrogens (primary N) is 1. The predicted molar refractivity (Wildman–Crippen MR) is 101 cm³/mol. The molecule has 1 aromatic carbocycles. The van der Waals surface area contributed by atoms with Gasteiger partial charge in [0.2, 0.25) is 10.0 Å². The van der Waals surface area contributed by atoms with E-state index in [9.17, 15) is 8.42 Å². The van der Waals surface area contributed by atoms with Gasteiger partial charge in [0, 0.05) is 12.6 Å². The smallest absolute Gasteiger partial charge is 0.229 e. The Kier molecular flexibility index (Phi) is 9.58. The van der Waals surface area contributed by atoms with Crippen molar-refractivity contribution < 1.29 is 13.2 Å². The minimum Gasteiger partial charge on any atom is -0.492 e. The molecule has 0 aliphatic rings. The Bertz CT molecular complexity index is 605. The summed E-state index contributed by atoms with van der Waals surface area (Å²) in [7, 11) is -3.30. The number of nitrogens with zero attached hydrogens (tertiary/aromatic N) is 1. The quantitative estimate of drug-likeness (QED) is 0.185. The minimum absolute atomic E-state index is 0. The maximum atomic E-state index is 11.1. The zero-order valence-electron chi connectivity index (χ0n) is 12.3. The van der Waals surface area contributed by atoms with E-state index in [1.165, 1.54) is 0 Å². The van der Waals surface area contributed by atoms with Crippen molar-refractivity contribution in [3.8, 4) is 5.75 Å². The molecule has 1 rings (SSSR count). The van der Waals surface area contributed by atoms with E-state index in [0.29, 0.717) is 37.1 Å². The Morgan fingerprint density at radius 2 is 2.23 bits per heavy atom. The summed E-state index contributed by atoms with van der Waals surface area (Å²) in [5, 5.41) is 2.84. The van der Waals surface area contributed by atoms with Gasteiger partial charge in [0.1, 0.15) is 12.4 Å². The molecule has 4 N–H and O–H groups in total. The summed E-state index contributed by atoms with van der Waals surface area (Å²) in [4.78, 5) is 4.06. The fraction of sp³-hybridized carbons (Fsp3) is 0.308. The molecule has 0 spiro atoms. The third-order valence-electron chi connectivity index (χ3n) is 2.21. The fourth-order valence-corrected chi connectivity index (χ4v) is 1.98. The number of halogens is 1. The number of rotatable bonds is 8. The van der Waals surface area contributed by atoms with E-state index < -0.39 is 10.0 Å². The number of guanidine groups is 1. The van der Waals surface area contributed by atoms with Crippen molar-refractivity contribution in [3.63, 3.8) is 0 Å². The number of anilines is 1. The summed E-state index contributed by atoms with van der Waals surface area (Å²) in [6.07, 6.45) is 2.77. The van der Waals surface area contributed by atoms with E-state index in [-0.39, 0.29) is 24.0 Å². The van der Waals surface area contributed by atoms with Crippen LogP contribution < -0.4 is 20.5 Å². The normalized spacial score (nSPS) is 11.2. The first-order valence-electron chi connectivity index (χ1n) is 6.26. The Morgan fingerprint density at radius 1 is 1.50 bits per heavy atom. The maximum Gasteiger partial charge on any atom is 0.229 e. The van der Waals surface area contributed by atoms with Crippen LogP contribution >= 0.6 is 24.0 Å². The lowest BCUT2D eigenvalue weighted by molar-refractivity contribution is 0.329. The van der Waals surface area contributed by atoms with Gasteiger partial charge in [-0.05, 0) is 12.1 Å². The Labute approximate surface area is 148 Å². The average Bonchev–Trinajstić information content (AvgIpc) is 2.40. The molecule has 7 nitrogen and oxygen atoms in total. The van der Waals surface area contributed by atoms with Crippen LogP contribution in [0.1, 0.15) is 0 Å². The highest BCUT2D eigenvalue weighted by atomic mass is 127. The number of sulfonamides is 1. The number of nitrogens with one attached hydrogen (secondary N) is 2. The fourth-order valence-electron chi connectivity index (χ4n) is 1.43. The van der Waals surface area contributed by atoms with Crippen LogP contribution in [-0.2, 0) is 10.0 Å². The van der Waals surface area contributed by atoms with Gasteiger partial charge in [0.25, 0.3) is 0 Å². The van der Waals surface area contributed by atoms with Crippen LogP contribution in [0.2, 0.25) is 0 Å². The summed E-state index contributed by atoms with van der Waals surface area (Å²) in [5.41, 5.74) is 6.04.